The third-order valence-corrected chi connectivity index (χ3v) is 6.88. The summed E-state index contributed by atoms with van der Waals surface area (Å²) >= 11 is 0. The molecule has 204 valence electrons. The van der Waals surface area contributed by atoms with Crippen LogP contribution in [0, 0.1) is 0 Å². The molecule has 4 aromatic rings. The van der Waals surface area contributed by atoms with Gasteiger partial charge in [0.25, 0.3) is 5.56 Å². The summed E-state index contributed by atoms with van der Waals surface area (Å²) in [5, 5.41) is 0.506. The van der Waals surface area contributed by atoms with Crippen molar-refractivity contribution in [3.63, 3.8) is 0 Å². The fourth-order valence-electron chi connectivity index (χ4n) is 4.77. The molecule has 0 radical (unpaired) electrons. The molecule has 1 unspecified atom stereocenters. The van der Waals surface area contributed by atoms with Gasteiger partial charge in [-0.05, 0) is 43.2 Å². The van der Waals surface area contributed by atoms with E-state index in [4.69, 9.17) is 14.5 Å². The molecule has 0 bridgehead atoms. The number of carbonyl (C=O) groups is 1. The fraction of sp³-hybridized carbons (Fsp3) is 0.344. The summed E-state index contributed by atoms with van der Waals surface area (Å²) in [6, 6.07) is 24.0. The van der Waals surface area contributed by atoms with Crippen molar-refractivity contribution in [2.75, 3.05) is 20.3 Å². The maximum Gasteiger partial charge on any atom is 0.266 e. The predicted octanol–water partition coefficient (Wildman–Crippen LogP) is 6.08. The summed E-state index contributed by atoms with van der Waals surface area (Å²) in [4.78, 5) is 34.2. The minimum Gasteiger partial charge on any atom is -0.495 e. The van der Waals surface area contributed by atoms with Crippen LogP contribution >= 0.6 is 0 Å². The zero-order chi connectivity index (χ0) is 27.6. The standard InChI is InChI=1S/C32H37N3O4/c1-4-5-6-14-21-34(30(36)23-39-22-25-15-8-7-9-16-25)24(2)31-33-27-18-11-10-17-26(27)32(37)35(31)28-19-12-13-20-29(28)38-3/h7-13,15-20,24H,4-6,14,21-23H2,1-3H3. The van der Waals surface area contributed by atoms with Gasteiger partial charge in [-0.15, -0.1) is 0 Å². The van der Waals surface area contributed by atoms with Crippen LogP contribution in [0.4, 0.5) is 0 Å². The average Bonchev–Trinajstić information content (AvgIpc) is 2.97. The number of amides is 1. The van der Waals surface area contributed by atoms with Crippen LogP contribution in [0.3, 0.4) is 0 Å². The van der Waals surface area contributed by atoms with Crippen molar-refractivity contribution >= 4 is 16.8 Å². The van der Waals surface area contributed by atoms with Crippen LogP contribution in [0.25, 0.3) is 16.6 Å². The highest BCUT2D eigenvalue weighted by molar-refractivity contribution is 5.79. The van der Waals surface area contributed by atoms with Crippen LogP contribution in [-0.4, -0.2) is 40.6 Å². The van der Waals surface area contributed by atoms with E-state index in [9.17, 15) is 9.59 Å². The van der Waals surface area contributed by atoms with Crippen molar-refractivity contribution in [3.05, 3.63) is 101 Å². The van der Waals surface area contributed by atoms with Gasteiger partial charge in [-0.25, -0.2) is 4.98 Å². The quantitative estimate of drug-likeness (QED) is 0.197. The van der Waals surface area contributed by atoms with Crippen molar-refractivity contribution in [1.29, 1.82) is 0 Å². The minimum absolute atomic E-state index is 0.0561. The van der Waals surface area contributed by atoms with E-state index in [-0.39, 0.29) is 18.1 Å². The number of para-hydroxylation sites is 3. The first-order chi connectivity index (χ1) is 19.0. The van der Waals surface area contributed by atoms with Crippen molar-refractivity contribution in [2.24, 2.45) is 0 Å². The van der Waals surface area contributed by atoms with Crippen molar-refractivity contribution in [2.45, 2.75) is 52.2 Å². The van der Waals surface area contributed by atoms with Gasteiger partial charge < -0.3 is 14.4 Å². The number of fused-ring (bicyclic) bond motifs is 1. The number of unbranched alkanes of at least 4 members (excludes halogenated alkanes) is 3. The van der Waals surface area contributed by atoms with Crippen molar-refractivity contribution in [1.82, 2.24) is 14.5 Å². The Kier molecular flexibility index (Phi) is 9.86. The molecule has 0 aliphatic carbocycles. The van der Waals surface area contributed by atoms with Gasteiger partial charge in [-0.1, -0.05) is 80.8 Å². The van der Waals surface area contributed by atoms with Gasteiger partial charge in [0.1, 0.15) is 18.2 Å². The Hall–Kier alpha value is -3.97. The molecule has 1 amide bonds. The van der Waals surface area contributed by atoms with E-state index >= 15 is 0 Å². The first-order valence-corrected chi connectivity index (χ1v) is 13.6. The number of methoxy groups -OCH3 is 1. The molecule has 0 aliphatic rings. The van der Waals surface area contributed by atoms with E-state index < -0.39 is 6.04 Å². The number of carbonyl (C=O) groups excluding carboxylic acids is 1. The van der Waals surface area contributed by atoms with Crippen LogP contribution < -0.4 is 10.3 Å². The van der Waals surface area contributed by atoms with Crippen molar-refractivity contribution in [3.8, 4) is 11.4 Å². The largest absolute Gasteiger partial charge is 0.495 e. The Bertz CT molecular complexity index is 1430. The number of aromatic nitrogens is 2. The number of nitrogens with zero attached hydrogens (tertiary/aromatic N) is 3. The highest BCUT2D eigenvalue weighted by Gasteiger charge is 2.27. The second-order valence-electron chi connectivity index (χ2n) is 9.60. The van der Waals surface area contributed by atoms with Gasteiger partial charge in [0, 0.05) is 6.54 Å². The zero-order valence-corrected chi connectivity index (χ0v) is 23.0. The molecule has 7 nitrogen and oxygen atoms in total. The van der Waals surface area contributed by atoms with E-state index in [1.54, 1.807) is 22.6 Å². The third-order valence-electron chi connectivity index (χ3n) is 6.88. The van der Waals surface area contributed by atoms with Crippen LogP contribution in [0.15, 0.2) is 83.7 Å². The van der Waals surface area contributed by atoms with E-state index in [2.05, 4.69) is 6.92 Å². The Morgan fingerprint density at radius 1 is 0.949 bits per heavy atom. The Morgan fingerprint density at radius 3 is 2.44 bits per heavy atom. The molecule has 0 saturated heterocycles. The highest BCUT2D eigenvalue weighted by Crippen LogP contribution is 2.28. The molecule has 4 rings (SSSR count). The monoisotopic (exact) mass is 527 g/mol. The van der Waals surface area contributed by atoms with Crippen LogP contribution in [0.2, 0.25) is 0 Å². The number of ether oxygens (including phenoxy) is 2. The summed E-state index contributed by atoms with van der Waals surface area (Å²) < 4.78 is 13.0. The average molecular weight is 528 g/mol. The molecular formula is C32H37N3O4. The van der Waals surface area contributed by atoms with Crippen molar-refractivity contribution < 1.29 is 14.3 Å². The van der Waals surface area contributed by atoms with E-state index in [0.717, 1.165) is 31.2 Å². The first-order valence-electron chi connectivity index (χ1n) is 13.6. The summed E-state index contributed by atoms with van der Waals surface area (Å²) in [6.45, 7) is 4.93. The maximum absolute atomic E-state index is 13.9. The fourth-order valence-corrected chi connectivity index (χ4v) is 4.77. The topological polar surface area (TPSA) is 73.7 Å². The van der Waals surface area contributed by atoms with Crippen LogP contribution in [-0.2, 0) is 16.1 Å². The molecule has 7 heteroatoms. The smallest absolute Gasteiger partial charge is 0.266 e. The third kappa shape index (κ3) is 6.73. The van der Waals surface area contributed by atoms with Gasteiger partial charge in [-0.2, -0.15) is 0 Å². The highest BCUT2D eigenvalue weighted by atomic mass is 16.5. The predicted molar refractivity (Wildman–Crippen MR) is 154 cm³/mol. The molecule has 0 saturated carbocycles. The minimum atomic E-state index is -0.485. The Balaban J connectivity index is 1.72. The second kappa shape index (κ2) is 13.7. The molecular weight excluding hydrogens is 490 g/mol. The number of rotatable bonds is 13. The summed E-state index contributed by atoms with van der Waals surface area (Å²) in [7, 11) is 1.58. The lowest BCUT2D eigenvalue weighted by Gasteiger charge is -2.31. The second-order valence-corrected chi connectivity index (χ2v) is 9.60. The van der Waals surface area contributed by atoms with E-state index in [0.29, 0.717) is 41.3 Å². The number of benzene rings is 3. The normalized spacial score (nSPS) is 11.9. The lowest BCUT2D eigenvalue weighted by Crippen LogP contribution is -2.40. The maximum atomic E-state index is 13.9. The van der Waals surface area contributed by atoms with E-state index in [1.807, 2.05) is 79.7 Å². The summed E-state index contributed by atoms with van der Waals surface area (Å²) in [6.07, 6.45) is 4.07. The summed E-state index contributed by atoms with van der Waals surface area (Å²) in [5.41, 5.74) is 1.98. The lowest BCUT2D eigenvalue weighted by molar-refractivity contribution is -0.139. The lowest BCUT2D eigenvalue weighted by atomic mass is 10.1. The molecule has 3 aromatic carbocycles. The Labute approximate surface area is 230 Å². The van der Waals surface area contributed by atoms with Gasteiger partial charge in [0.2, 0.25) is 5.91 Å². The molecule has 0 aliphatic heterocycles. The first kappa shape index (κ1) is 28.0. The molecule has 0 spiro atoms. The van der Waals surface area contributed by atoms with Gasteiger partial charge in [-0.3, -0.25) is 14.2 Å². The molecule has 1 atom stereocenters. The number of hydrogen-bond acceptors (Lipinski definition) is 5. The van der Waals surface area contributed by atoms with Gasteiger partial charge in [0.15, 0.2) is 0 Å². The molecule has 0 N–H and O–H groups in total. The molecule has 39 heavy (non-hydrogen) atoms. The summed E-state index contributed by atoms with van der Waals surface area (Å²) in [5.74, 6) is 0.899. The molecule has 1 heterocycles. The molecule has 1 aromatic heterocycles. The molecule has 0 fully saturated rings. The SMILES string of the molecule is CCCCCCN(C(=O)COCc1ccccc1)C(C)c1nc2ccccc2c(=O)n1-c1ccccc1OC. The van der Waals surface area contributed by atoms with Crippen LogP contribution in [0.5, 0.6) is 5.75 Å². The van der Waals surface area contributed by atoms with Gasteiger partial charge >= 0.3 is 0 Å². The zero-order valence-electron chi connectivity index (χ0n) is 23.0. The number of hydrogen-bond donors (Lipinski definition) is 0. The van der Waals surface area contributed by atoms with E-state index in [1.165, 1.54) is 0 Å². The Morgan fingerprint density at radius 2 is 1.67 bits per heavy atom. The van der Waals surface area contributed by atoms with Crippen LogP contribution in [0.1, 0.15) is 57.0 Å². The van der Waals surface area contributed by atoms with Gasteiger partial charge in [0.05, 0.1) is 36.3 Å².